The summed E-state index contributed by atoms with van der Waals surface area (Å²) in [6.07, 6.45) is 2.28. The summed E-state index contributed by atoms with van der Waals surface area (Å²) in [6.45, 7) is 1.87. The molecule has 0 bridgehead atoms. The topological polar surface area (TPSA) is 72.9 Å². The van der Waals surface area contributed by atoms with Crippen molar-refractivity contribution in [3.63, 3.8) is 0 Å². The van der Waals surface area contributed by atoms with Crippen molar-refractivity contribution in [2.45, 2.75) is 25.8 Å². The van der Waals surface area contributed by atoms with Crippen LogP contribution in [0.5, 0.6) is 0 Å². The number of hydrogen-bond acceptors (Lipinski definition) is 3. The molecule has 0 radical (unpaired) electrons. The monoisotopic (exact) mass is 268 g/mol. The van der Waals surface area contributed by atoms with Gasteiger partial charge >= 0.3 is 0 Å². The number of benzene rings is 1. The second-order valence-corrected chi connectivity index (χ2v) is 4.36. The highest BCUT2D eigenvalue weighted by Crippen LogP contribution is 2.23. The van der Waals surface area contributed by atoms with Crippen LogP contribution in [0.15, 0.2) is 18.5 Å². The Balaban J connectivity index is 2.25. The molecule has 1 aromatic carbocycles. The molecule has 7 heteroatoms. The molecular weight excluding hydrogens is 254 g/mol. The third-order valence-corrected chi connectivity index (χ3v) is 3.04. The Labute approximate surface area is 108 Å². The van der Waals surface area contributed by atoms with Gasteiger partial charge in [0.1, 0.15) is 0 Å². The minimum Gasteiger partial charge on any atom is -0.328 e. The molecule has 1 atom stereocenters. The Morgan fingerprint density at radius 2 is 2.16 bits per heavy atom. The van der Waals surface area contributed by atoms with Gasteiger partial charge in [-0.15, -0.1) is 0 Å². The molecule has 1 unspecified atom stereocenters. The van der Waals surface area contributed by atoms with Gasteiger partial charge in [0.25, 0.3) is 0 Å². The maximum absolute atomic E-state index is 13.2. The van der Waals surface area contributed by atoms with Crippen LogP contribution < -0.4 is 11.3 Å². The summed E-state index contributed by atoms with van der Waals surface area (Å²) in [6, 6.07) is 2.09. The molecule has 1 heterocycles. The van der Waals surface area contributed by atoms with Crippen LogP contribution in [0, 0.1) is 11.6 Å². The van der Waals surface area contributed by atoms with Gasteiger partial charge in [-0.2, -0.15) is 0 Å². The molecule has 0 spiro atoms. The smallest absolute Gasteiger partial charge is 0.233 e. The zero-order chi connectivity index (χ0) is 14.0. The summed E-state index contributed by atoms with van der Waals surface area (Å²) in [4.78, 5) is 15.1. The molecule has 2 rings (SSSR count). The molecule has 5 nitrogen and oxygen atoms in total. The molecular formula is C12H14F2N4O. The van der Waals surface area contributed by atoms with E-state index in [4.69, 9.17) is 5.84 Å². The van der Waals surface area contributed by atoms with Crippen LogP contribution in [0.4, 0.5) is 8.78 Å². The molecule has 2 aromatic rings. The number of nitrogens with two attached hydrogens (primary N) is 1. The van der Waals surface area contributed by atoms with Crippen LogP contribution in [0.1, 0.15) is 25.8 Å². The van der Waals surface area contributed by atoms with Crippen LogP contribution in [-0.4, -0.2) is 15.5 Å². The molecule has 0 fully saturated rings. The zero-order valence-corrected chi connectivity index (χ0v) is 10.4. The molecule has 0 aliphatic rings. The van der Waals surface area contributed by atoms with Gasteiger partial charge in [0, 0.05) is 24.6 Å². The Kier molecular flexibility index (Phi) is 3.75. The normalized spacial score (nSPS) is 12.6. The molecule has 3 N–H and O–H groups in total. The third kappa shape index (κ3) is 2.70. The van der Waals surface area contributed by atoms with Crippen molar-refractivity contribution in [1.82, 2.24) is 15.0 Å². The van der Waals surface area contributed by atoms with Gasteiger partial charge in [-0.1, -0.05) is 0 Å². The molecule has 1 amide bonds. The lowest BCUT2D eigenvalue weighted by molar-refractivity contribution is -0.121. The third-order valence-electron chi connectivity index (χ3n) is 3.04. The van der Waals surface area contributed by atoms with Gasteiger partial charge in [0.05, 0.1) is 17.4 Å². The lowest BCUT2D eigenvalue weighted by Gasteiger charge is -2.13. The van der Waals surface area contributed by atoms with E-state index in [1.54, 1.807) is 4.57 Å². The SMILES string of the molecule is CC(CCC(=O)NN)n1cnc2cc(F)c(F)cc21. The van der Waals surface area contributed by atoms with Crippen molar-refractivity contribution in [2.24, 2.45) is 5.84 Å². The van der Waals surface area contributed by atoms with E-state index in [1.807, 2.05) is 12.3 Å². The molecule has 102 valence electrons. The number of imidazole rings is 1. The van der Waals surface area contributed by atoms with Crippen molar-refractivity contribution in [2.75, 3.05) is 0 Å². The van der Waals surface area contributed by atoms with E-state index >= 15 is 0 Å². The second kappa shape index (κ2) is 5.31. The number of fused-ring (bicyclic) bond motifs is 1. The molecule has 0 aliphatic heterocycles. The average molecular weight is 268 g/mol. The Morgan fingerprint density at radius 1 is 1.47 bits per heavy atom. The molecule has 0 aliphatic carbocycles. The van der Waals surface area contributed by atoms with E-state index in [1.165, 1.54) is 6.33 Å². The Bertz CT molecular complexity index is 611. The van der Waals surface area contributed by atoms with Crippen LogP contribution in [0.25, 0.3) is 11.0 Å². The molecule has 0 saturated carbocycles. The van der Waals surface area contributed by atoms with Crippen LogP contribution >= 0.6 is 0 Å². The van der Waals surface area contributed by atoms with Crippen molar-refractivity contribution < 1.29 is 13.6 Å². The average Bonchev–Trinajstić information content (AvgIpc) is 2.79. The van der Waals surface area contributed by atoms with Gasteiger partial charge in [-0.25, -0.2) is 19.6 Å². The summed E-state index contributed by atoms with van der Waals surface area (Å²) >= 11 is 0. The van der Waals surface area contributed by atoms with Gasteiger partial charge in [-0.3, -0.25) is 10.2 Å². The summed E-state index contributed by atoms with van der Waals surface area (Å²) < 4.78 is 28.0. The number of carbonyl (C=O) groups is 1. The van der Waals surface area contributed by atoms with Crippen LogP contribution in [0.2, 0.25) is 0 Å². The van der Waals surface area contributed by atoms with Crippen molar-refractivity contribution in [1.29, 1.82) is 0 Å². The van der Waals surface area contributed by atoms with Gasteiger partial charge in [0.2, 0.25) is 5.91 Å². The number of aromatic nitrogens is 2. The fourth-order valence-corrected chi connectivity index (χ4v) is 1.93. The Morgan fingerprint density at radius 3 is 2.84 bits per heavy atom. The lowest BCUT2D eigenvalue weighted by atomic mass is 10.1. The predicted octanol–water partition coefficient (Wildman–Crippen LogP) is 1.65. The minimum absolute atomic E-state index is 0.0767. The molecule has 0 saturated heterocycles. The van der Waals surface area contributed by atoms with E-state index in [9.17, 15) is 13.6 Å². The number of carbonyl (C=O) groups excluding carboxylic acids is 1. The first-order valence-corrected chi connectivity index (χ1v) is 5.84. The van der Waals surface area contributed by atoms with Crippen molar-refractivity contribution in [3.8, 4) is 0 Å². The number of nitrogens with zero attached hydrogens (tertiary/aromatic N) is 2. The number of amides is 1. The number of halogens is 2. The van der Waals surface area contributed by atoms with E-state index < -0.39 is 11.6 Å². The largest absolute Gasteiger partial charge is 0.328 e. The lowest BCUT2D eigenvalue weighted by Crippen LogP contribution is -2.30. The quantitative estimate of drug-likeness (QED) is 0.503. The number of hydrogen-bond donors (Lipinski definition) is 2. The first kappa shape index (κ1) is 13.4. The summed E-state index contributed by atoms with van der Waals surface area (Å²) in [5.74, 6) is 2.89. The van der Waals surface area contributed by atoms with Crippen molar-refractivity contribution in [3.05, 3.63) is 30.1 Å². The van der Waals surface area contributed by atoms with E-state index in [0.717, 1.165) is 12.1 Å². The summed E-state index contributed by atoms with van der Waals surface area (Å²) in [7, 11) is 0. The fourth-order valence-electron chi connectivity index (χ4n) is 1.93. The fraction of sp³-hybridized carbons (Fsp3) is 0.333. The standard InChI is InChI=1S/C12H14F2N4O/c1-7(2-3-12(19)17-15)18-6-16-10-4-8(13)9(14)5-11(10)18/h4-7H,2-3,15H2,1H3,(H,17,19). The highest BCUT2D eigenvalue weighted by Gasteiger charge is 2.13. The van der Waals surface area contributed by atoms with Crippen molar-refractivity contribution >= 4 is 16.9 Å². The van der Waals surface area contributed by atoms with Gasteiger partial charge < -0.3 is 4.57 Å². The molecule has 1 aromatic heterocycles. The van der Waals surface area contributed by atoms with Crippen LogP contribution in [0.3, 0.4) is 0 Å². The maximum atomic E-state index is 13.2. The second-order valence-electron chi connectivity index (χ2n) is 4.36. The first-order valence-electron chi connectivity index (χ1n) is 5.84. The summed E-state index contributed by atoms with van der Waals surface area (Å²) in [5.41, 5.74) is 2.93. The first-order chi connectivity index (χ1) is 9.02. The van der Waals surface area contributed by atoms with E-state index in [0.29, 0.717) is 17.5 Å². The predicted molar refractivity (Wildman–Crippen MR) is 65.9 cm³/mol. The highest BCUT2D eigenvalue weighted by molar-refractivity contribution is 5.76. The number of nitrogens with one attached hydrogen (secondary N) is 1. The van der Waals surface area contributed by atoms with Gasteiger partial charge in [0.15, 0.2) is 11.6 Å². The van der Waals surface area contributed by atoms with E-state index in [2.05, 4.69) is 4.98 Å². The number of hydrazine groups is 1. The maximum Gasteiger partial charge on any atom is 0.233 e. The van der Waals surface area contributed by atoms with Gasteiger partial charge in [-0.05, 0) is 13.3 Å². The zero-order valence-electron chi connectivity index (χ0n) is 10.4. The number of rotatable bonds is 4. The van der Waals surface area contributed by atoms with E-state index in [-0.39, 0.29) is 18.4 Å². The Hall–Kier alpha value is -2.02. The molecule has 19 heavy (non-hydrogen) atoms. The minimum atomic E-state index is -0.923. The van der Waals surface area contributed by atoms with Crippen LogP contribution in [-0.2, 0) is 4.79 Å². The summed E-state index contributed by atoms with van der Waals surface area (Å²) in [5, 5.41) is 0. The highest BCUT2D eigenvalue weighted by atomic mass is 19.2.